The highest BCUT2D eigenvalue weighted by molar-refractivity contribution is 9.09. The van der Waals surface area contributed by atoms with Crippen molar-refractivity contribution in [3.05, 3.63) is 0 Å². The number of alkyl halides is 1. The van der Waals surface area contributed by atoms with Gasteiger partial charge >= 0.3 is 5.97 Å². The molecule has 0 saturated heterocycles. The second-order valence-corrected chi connectivity index (χ2v) is 6.86. The van der Waals surface area contributed by atoms with E-state index in [0.717, 1.165) is 24.6 Å². The van der Waals surface area contributed by atoms with Crippen LogP contribution in [0, 0.1) is 0 Å². The molecule has 0 aliphatic heterocycles. The third kappa shape index (κ3) is 16.2. The third-order valence-electron chi connectivity index (χ3n) is 3.81. The van der Waals surface area contributed by atoms with Crippen LogP contribution in [0.15, 0.2) is 0 Å². The predicted octanol–water partition coefficient (Wildman–Crippen LogP) is 6.40. The lowest BCUT2D eigenvalue weighted by molar-refractivity contribution is -0.148. The van der Waals surface area contributed by atoms with E-state index in [2.05, 4.69) is 22.9 Å². The SMILES string of the molecule is CCCCCCC(C)OC(=O)CCCCCCCCCBr. The molecule has 0 amide bonds. The normalized spacial score (nSPS) is 12.3. The molecule has 0 fully saturated rings. The molecular formula is C18H35BrO2. The van der Waals surface area contributed by atoms with E-state index in [-0.39, 0.29) is 12.1 Å². The fourth-order valence-corrected chi connectivity index (χ4v) is 2.85. The lowest BCUT2D eigenvalue weighted by Gasteiger charge is -2.13. The van der Waals surface area contributed by atoms with E-state index in [1.807, 2.05) is 6.92 Å². The molecule has 2 nitrogen and oxygen atoms in total. The van der Waals surface area contributed by atoms with Crippen molar-refractivity contribution in [2.45, 2.75) is 103 Å². The van der Waals surface area contributed by atoms with Crippen LogP contribution in [0.2, 0.25) is 0 Å². The Labute approximate surface area is 140 Å². The quantitative estimate of drug-likeness (QED) is 0.191. The molecule has 0 heterocycles. The molecule has 0 bridgehead atoms. The smallest absolute Gasteiger partial charge is 0.306 e. The number of esters is 1. The molecule has 0 aromatic carbocycles. The molecule has 0 radical (unpaired) electrons. The fourth-order valence-electron chi connectivity index (χ4n) is 2.45. The number of hydrogen-bond donors (Lipinski definition) is 0. The molecule has 0 saturated carbocycles. The van der Waals surface area contributed by atoms with Gasteiger partial charge in [-0.05, 0) is 32.6 Å². The first kappa shape index (κ1) is 20.9. The molecule has 0 N–H and O–H groups in total. The van der Waals surface area contributed by atoms with Gasteiger partial charge in [0.25, 0.3) is 0 Å². The summed E-state index contributed by atoms with van der Waals surface area (Å²) in [6.07, 6.45) is 15.3. The van der Waals surface area contributed by atoms with Gasteiger partial charge in [-0.3, -0.25) is 4.79 Å². The third-order valence-corrected chi connectivity index (χ3v) is 4.37. The van der Waals surface area contributed by atoms with Crippen molar-refractivity contribution in [3.8, 4) is 0 Å². The lowest BCUT2D eigenvalue weighted by Crippen LogP contribution is -2.14. The molecule has 21 heavy (non-hydrogen) atoms. The molecule has 0 aliphatic rings. The van der Waals surface area contributed by atoms with Gasteiger partial charge in [0.15, 0.2) is 0 Å². The Bertz CT molecular complexity index is 231. The zero-order valence-electron chi connectivity index (χ0n) is 14.2. The summed E-state index contributed by atoms with van der Waals surface area (Å²) in [6, 6.07) is 0. The summed E-state index contributed by atoms with van der Waals surface area (Å²) in [4.78, 5) is 11.7. The number of unbranched alkanes of at least 4 members (excludes halogenated alkanes) is 9. The summed E-state index contributed by atoms with van der Waals surface area (Å²) in [7, 11) is 0. The van der Waals surface area contributed by atoms with Gasteiger partial charge in [0.1, 0.15) is 0 Å². The Hall–Kier alpha value is -0.0500. The van der Waals surface area contributed by atoms with Crippen LogP contribution < -0.4 is 0 Å². The minimum Gasteiger partial charge on any atom is -0.463 e. The van der Waals surface area contributed by atoms with Crippen LogP contribution >= 0.6 is 15.9 Å². The monoisotopic (exact) mass is 362 g/mol. The molecule has 126 valence electrons. The van der Waals surface area contributed by atoms with Gasteiger partial charge in [-0.1, -0.05) is 74.2 Å². The van der Waals surface area contributed by atoms with E-state index in [1.54, 1.807) is 0 Å². The maximum atomic E-state index is 11.7. The van der Waals surface area contributed by atoms with Crippen LogP contribution in [0.5, 0.6) is 0 Å². The van der Waals surface area contributed by atoms with Crippen molar-refractivity contribution in [1.82, 2.24) is 0 Å². The number of carbonyl (C=O) groups is 1. The van der Waals surface area contributed by atoms with Crippen molar-refractivity contribution in [2.75, 3.05) is 5.33 Å². The first-order valence-electron chi connectivity index (χ1n) is 8.96. The van der Waals surface area contributed by atoms with Crippen molar-refractivity contribution in [2.24, 2.45) is 0 Å². The first-order valence-corrected chi connectivity index (χ1v) is 10.1. The first-order chi connectivity index (χ1) is 10.2. The number of halogens is 1. The fraction of sp³-hybridized carbons (Fsp3) is 0.944. The van der Waals surface area contributed by atoms with Crippen molar-refractivity contribution in [3.63, 3.8) is 0 Å². The number of ether oxygens (including phenoxy) is 1. The van der Waals surface area contributed by atoms with Gasteiger partial charge in [-0.2, -0.15) is 0 Å². The van der Waals surface area contributed by atoms with Crippen LogP contribution in [-0.4, -0.2) is 17.4 Å². The Morgan fingerprint density at radius 1 is 0.905 bits per heavy atom. The average molecular weight is 363 g/mol. The van der Waals surface area contributed by atoms with Crippen LogP contribution in [0.25, 0.3) is 0 Å². The molecule has 0 aromatic rings. The topological polar surface area (TPSA) is 26.3 Å². The van der Waals surface area contributed by atoms with Crippen LogP contribution in [0.1, 0.15) is 97.3 Å². The molecular weight excluding hydrogens is 328 g/mol. The second-order valence-electron chi connectivity index (χ2n) is 6.06. The van der Waals surface area contributed by atoms with E-state index in [1.165, 1.54) is 57.8 Å². The zero-order valence-corrected chi connectivity index (χ0v) is 15.8. The Morgan fingerprint density at radius 3 is 2.10 bits per heavy atom. The minimum absolute atomic E-state index is 0.00252. The van der Waals surface area contributed by atoms with Crippen molar-refractivity contribution >= 4 is 21.9 Å². The maximum Gasteiger partial charge on any atom is 0.306 e. The molecule has 3 heteroatoms. The Kier molecular flexibility index (Phi) is 16.3. The Balaban J connectivity index is 3.32. The van der Waals surface area contributed by atoms with E-state index < -0.39 is 0 Å². The van der Waals surface area contributed by atoms with Crippen molar-refractivity contribution in [1.29, 1.82) is 0 Å². The van der Waals surface area contributed by atoms with Crippen molar-refractivity contribution < 1.29 is 9.53 Å². The summed E-state index contributed by atoms with van der Waals surface area (Å²) in [5.41, 5.74) is 0. The minimum atomic E-state index is -0.00252. The van der Waals surface area contributed by atoms with E-state index in [4.69, 9.17) is 4.74 Å². The molecule has 0 aromatic heterocycles. The standard InChI is InChI=1S/C18H35BrO2/c1-3-4-5-11-14-17(2)21-18(20)15-12-9-7-6-8-10-13-16-19/h17H,3-16H2,1-2H3. The van der Waals surface area contributed by atoms with Gasteiger partial charge in [-0.15, -0.1) is 0 Å². The second kappa shape index (κ2) is 16.3. The van der Waals surface area contributed by atoms with Crippen LogP contribution in [0.3, 0.4) is 0 Å². The molecule has 0 spiro atoms. The lowest BCUT2D eigenvalue weighted by atomic mass is 10.1. The van der Waals surface area contributed by atoms with Gasteiger partial charge in [-0.25, -0.2) is 0 Å². The van der Waals surface area contributed by atoms with E-state index in [0.29, 0.717) is 6.42 Å². The highest BCUT2D eigenvalue weighted by Crippen LogP contribution is 2.12. The van der Waals surface area contributed by atoms with Gasteiger partial charge in [0, 0.05) is 11.8 Å². The summed E-state index contributed by atoms with van der Waals surface area (Å²) < 4.78 is 5.45. The maximum absolute atomic E-state index is 11.7. The molecule has 0 rings (SSSR count). The highest BCUT2D eigenvalue weighted by atomic mass is 79.9. The summed E-state index contributed by atoms with van der Waals surface area (Å²) in [5.74, 6) is -0.00252. The number of carbonyl (C=O) groups excluding carboxylic acids is 1. The Morgan fingerprint density at radius 2 is 1.48 bits per heavy atom. The molecule has 1 unspecified atom stereocenters. The summed E-state index contributed by atoms with van der Waals surface area (Å²) in [5, 5.41) is 1.12. The van der Waals surface area contributed by atoms with E-state index in [9.17, 15) is 4.79 Å². The van der Waals surface area contributed by atoms with Gasteiger partial charge in [0.2, 0.25) is 0 Å². The molecule has 1 atom stereocenters. The van der Waals surface area contributed by atoms with Crippen LogP contribution in [-0.2, 0) is 9.53 Å². The van der Waals surface area contributed by atoms with E-state index >= 15 is 0 Å². The molecule has 0 aliphatic carbocycles. The zero-order chi connectivity index (χ0) is 15.8. The van der Waals surface area contributed by atoms with Gasteiger partial charge < -0.3 is 4.74 Å². The number of rotatable bonds is 15. The largest absolute Gasteiger partial charge is 0.463 e. The summed E-state index contributed by atoms with van der Waals surface area (Å²) >= 11 is 3.45. The van der Waals surface area contributed by atoms with Gasteiger partial charge in [0.05, 0.1) is 6.10 Å². The highest BCUT2D eigenvalue weighted by Gasteiger charge is 2.08. The predicted molar refractivity (Wildman–Crippen MR) is 95.0 cm³/mol. The number of hydrogen-bond acceptors (Lipinski definition) is 2. The van der Waals surface area contributed by atoms with Crippen LogP contribution in [0.4, 0.5) is 0 Å². The summed E-state index contributed by atoms with van der Waals surface area (Å²) in [6.45, 7) is 4.24. The average Bonchev–Trinajstić information content (AvgIpc) is 2.46.